The Bertz CT molecular complexity index is 543. The van der Waals surface area contributed by atoms with Crippen molar-refractivity contribution in [2.45, 2.75) is 51.4 Å². The summed E-state index contributed by atoms with van der Waals surface area (Å²) in [5, 5.41) is 0.148. The minimum absolute atomic E-state index is 0.0349. The molecule has 1 amide bonds. The largest absolute Gasteiger partial charge is 0.412 e. The second-order valence-corrected chi connectivity index (χ2v) is 12.6. The minimum Gasteiger partial charge on any atom is -0.412 e. The summed E-state index contributed by atoms with van der Waals surface area (Å²) in [6, 6.07) is 3.75. The van der Waals surface area contributed by atoms with E-state index in [2.05, 4.69) is 54.8 Å². The van der Waals surface area contributed by atoms with Crippen LogP contribution in [-0.4, -0.2) is 31.9 Å². The molecule has 1 saturated heterocycles. The van der Waals surface area contributed by atoms with E-state index in [4.69, 9.17) is 4.43 Å². The average Bonchev–Trinajstić information content (AvgIpc) is 2.68. The van der Waals surface area contributed by atoms with E-state index >= 15 is 0 Å². The maximum Gasteiger partial charge on any atom is 0.230 e. The molecule has 2 rings (SSSR count). The van der Waals surface area contributed by atoms with E-state index in [9.17, 15) is 4.79 Å². The second kappa shape index (κ2) is 5.82. The molecule has 1 aliphatic rings. The van der Waals surface area contributed by atoms with Crippen molar-refractivity contribution in [2.24, 2.45) is 0 Å². The van der Waals surface area contributed by atoms with Crippen molar-refractivity contribution in [1.29, 1.82) is 0 Å². The highest BCUT2D eigenvalue weighted by Crippen LogP contribution is 2.39. The van der Waals surface area contributed by atoms with Gasteiger partial charge in [-0.05, 0) is 46.2 Å². The highest BCUT2D eigenvalue weighted by Gasteiger charge is 2.42. The van der Waals surface area contributed by atoms with Gasteiger partial charge < -0.3 is 4.43 Å². The number of carbonyl (C=O) groups is 1. The fourth-order valence-electron chi connectivity index (χ4n) is 2.13. The normalized spacial score (nSPS) is 20.2. The van der Waals surface area contributed by atoms with Gasteiger partial charge in [0.1, 0.15) is 5.82 Å². The van der Waals surface area contributed by atoms with Gasteiger partial charge in [-0.2, -0.15) is 0 Å². The number of carbonyl (C=O) groups excluding carboxylic acids is 1. The third-order valence-corrected chi connectivity index (χ3v) is 9.51. The maximum absolute atomic E-state index is 12.3. The average molecular weight is 371 g/mol. The van der Waals surface area contributed by atoms with E-state index in [-0.39, 0.29) is 17.0 Å². The Balaban J connectivity index is 2.12. The Morgan fingerprint density at radius 1 is 1.43 bits per heavy atom. The summed E-state index contributed by atoms with van der Waals surface area (Å²) in [5.74, 6) is 0.766. The number of hydrogen-bond acceptors (Lipinski definition) is 3. The van der Waals surface area contributed by atoms with Gasteiger partial charge in [-0.25, -0.2) is 4.98 Å². The third-order valence-electron chi connectivity index (χ3n) is 4.35. The summed E-state index contributed by atoms with van der Waals surface area (Å²) < 4.78 is 7.20. The van der Waals surface area contributed by atoms with Gasteiger partial charge in [-0.15, -0.1) is 0 Å². The molecular formula is C15H23BrN2O2Si. The van der Waals surface area contributed by atoms with Crippen LogP contribution in [0.1, 0.15) is 27.2 Å². The van der Waals surface area contributed by atoms with Crippen molar-refractivity contribution in [1.82, 2.24) is 4.98 Å². The molecule has 1 aromatic heterocycles. The molecular weight excluding hydrogens is 348 g/mol. The van der Waals surface area contributed by atoms with Crippen LogP contribution < -0.4 is 4.90 Å². The molecule has 4 nitrogen and oxygen atoms in total. The Labute approximate surface area is 136 Å². The molecule has 0 radical (unpaired) electrons. The quantitative estimate of drug-likeness (QED) is 0.755. The summed E-state index contributed by atoms with van der Waals surface area (Å²) in [4.78, 5) is 18.3. The lowest BCUT2D eigenvalue weighted by Crippen LogP contribution is -2.44. The van der Waals surface area contributed by atoms with Crippen LogP contribution in [0.5, 0.6) is 0 Å². The van der Waals surface area contributed by atoms with E-state index in [1.54, 1.807) is 11.1 Å². The smallest absolute Gasteiger partial charge is 0.230 e. The fraction of sp³-hybridized carbons (Fsp3) is 0.600. The first kappa shape index (κ1) is 16.6. The number of nitrogens with zero attached hydrogens (tertiary/aromatic N) is 2. The monoisotopic (exact) mass is 370 g/mol. The van der Waals surface area contributed by atoms with Crippen molar-refractivity contribution in [2.75, 3.05) is 11.4 Å². The zero-order valence-corrected chi connectivity index (χ0v) is 15.9. The Morgan fingerprint density at radius 3 is 2.67 bits per heavy atom. The molecule has 21 heavy (non-hydrogen) atoms. The predicted octanol–water partition coefficient (Wildman–Crippen LogP) is 3.97. The predicted molar refractivity (Wildman–Crippen MR) is 91.0 cm³/mol. The highest BCUT2D eigenvalue weighted by molar-refractivity contribution is 9.10. The van der Waals surface area contributed by atoms with Gasteiger partial charge >= 0.3 is 0 Å². The molecule has 0 spiro atoms. The zero-order chi connectivity index (χ0) is 15.8. The number of amides is 1. The molecule has 1 atom stereocenters. The lowest BCUT2D eigenvalue weighted by Gasteiger charge is -2.38. The molecule has 0 aliphatic carbocycles. The molecule has 6 heteroatoms. The number of aromatic nitrogens is 1. The van der Waals surface area contributed by atoms with Crippen molar-refractivity contribution >= 4 is 36.0 Å². The van der Waals surface area contributed by atoms with Crippen LogP contribution in [0.4, 0.5) is 5.82 Å². The summed E-state index contributed by atoms with van der Waals surface area (Å²) in [5.41, 5.74) is 0. The van der Waals surface area contributed by atoms with E-state index in [1.807, 2.05) is 12.1 Å². The van der Waals surface area contributed by atoms with Gasteiger partial charge in [0.25, 0.3) is 0 Å². The van der Waals surface area contributed by atoms with Crippen molar-refractivity contribution in [3.05, 3.63) is 22.8 Å². The van der Waals surface area contributed by atoms with Gasteiger partial charge in [0.2, 0.25) is 5.91 Å². The van der Waals surface area contributed by atoms with Crippen LogP contribution in [0.3, 0.4) is 0 Å². The summed E-state index contributed by atoms with van der Waals surface area (Å²) >= 11 is 3.46. The Kier molecular flexibility index (Phi) is 4.61. The highest BCUT2D eigenvalue weighted by atomic mass is 79.9. The van der Waals surface area contributed by atoms with Gasteiger partial charge in [0.05, 0.1) is 23.5 Å². The first-order valence-corrected chi connectivity index (χ1v) is 10.9. The number of hydrogen-bond donors (Lipinski definition) is 0. The van der Waals surface area contributed by atoms with E-state index in [0.29, 0.717) is 18.8 Å². The summed E-state index contributed by atoms with van der Waals surface area (Å²) in [7, 11) is -1.85. The molecule has 0 aromatic carbocycles. The van der Waals surface area contributed by atoms with Crippen molar-refractivity contribution < 1.29 is 9.22 Å². The third kappa shape index (κ3) is 3.55. The van der Waals surface area contributed by atoms with Crippen LogP contribution in [0.2, 0.25) is 18.1 Å². The molecule has 1 aromatic rings. The molecule has 0 unspecified atom stereocenters. The molecule has 0 bridgehead atoms. The van der Waals surface area contributed by atoms with Crippen LogP contribution in [0.25, 0.3) is 0 Å². The molecule has 2 heterocycles. The molecule has 0 N–H and O–H groups in total. The van der Waals surface area contributed by atoms with Gasteiger partial charge in [-0.3, -0.25) is 9.69 Å². The number of pyridine rings is 1. The number of anilines is 1. The van der Waals surface area contributed by atoms with Gasteiger partial charge in [0.15, 0.2) is 8.32 Å². The Hall–Kier alpha value is -0.723. The van der Waals surface area contributed by atoms with Crippen LogP contribution in [-0.2, 0) is 9.22 Å². The van der Waals surface area contributed by atoms with E-state index < -0.39 is 8.32 Å². The lowest BCUT2D eigenvalue weighted by atomic mass is 10.2. The van der Waals surface area contributed by atoms with Crippen molar-refractivity contribution in [3.8, 4) is 0 Å². The van der Waals surface area contributed by atoms with Crippen LogP contribution >= 0.6 is 15.9 Å². The standard InChI is InChI=1S/C15H23BrN2O2Si/c1-15(2,3)21(4,5)20-11-9-13(19)18(10-11)14-12(16)7-6-8-17-14/h6-8,11H,9-10H2,1-5H3/t11-/m0/s1. The fourth-order valence-corrected chi connectivity index (χ4v) is 3.94. The maximum atomic E-state index is 12.3. The Morgan fingerprint density at radius 2 is 2.10 bits per heavy atom. The van der Waals surface area contributed by atoms with Gasteiger partial charge in [-0.1, -0.05) is 20.8 Å². The molecule has 0 saturated carbocycles. The number of halogens is 1. The lowest BCUT2D eigenvalue weighted by molar-refractivity contribution is -0.117. The summed E-state index contributed by atoms with van der Waals surface area (Å²) in [6.45, 7) is 11.7. The van der Waals surface area contributed by atoms with Crippen LogP contribution in [0.15, 0.2) is 22.8 Å². The van der Waals surface area contributed by atoms with Crippen LogP contribution in [0, 0.1) is 0 Å². The minimum atomic E-state index is -1.85. The topological polar surface area (TPSA) is 42.4 Å². The molecule has 1 aliphatic heterocycles. The zero-order valence-electron chi connectivity index (χ0n) is 13.3. The molecule has 116 valence electrons. The van der Waals surface area contributed by atoms with E-state index in [0.717, 1.165) is 4.47 Å². The summed E-state index contributed by atoms with van der Waals surface area (Å²) in [6.07, 6.45) is 2.11. The first-order chi connectivity index (χ1) is 9.62. The molecule has 1 fully saturated rings. The number of rotatable bonds is 3. The first-order valence-electron chi connectivity index (χ1n) is 7.20. The van der Waals surface area contributed by atoms with E-state index in [1.165, 1.54) is 0 Å². The SMILES string of the molecule is CC(C)(C)[Si](C)(C)O[C@H]1CC(=O)N(c2ncccc2Br)C1. The van der Waals surface area contributed by atoms with Crippen molar-refractivity contribution in [3.63, 3.8) is 0 Å². The van der Waals surface area contributed by atoms with Gasteiger partial charge in [0, 0.05) is 6.20 Å². The second-order valence-electron chi connectivity index (χ2n) is 7.02.